The first kappa shape index (κ1) is 41.4. The first-order valence-corrected chi connectivity index (χ1v) is 18.1. The van der Waals surface area contributed by atoms with Gasteiger partial charge in [0.05, 0.1) is 18.5 Å². The van der Waals surface area contributed by atoms with Crippen LogP contribution in [0.15, 0.2) is 42.9 Å². The van der Waals surface area contributed by atoms with Crippen LogP contribution in [-0.4, -0.2) is 92.5 Å². The van der Waals surface area contributed by atoms with Gasteiger partial charge in [-0.25, -0.2) is 9.78 Å². The number of rotatable bonds is 18. The van der Waals surface area contributed by atoms with Crippen LogP contribution in [0.3, 0.4) is 0 Å². The number of H-pyrrole nitrogens is 1. The molecule has 4 amide bonds. The molecule has 1 saturated carbocycles. The van der Waals surface area contributed by atoms with Crippen LogP contribution in [-0.2, 0) is 32.0 Å². The van der Waals surface area contributed by atoms with E-state index in [0.29, 0.717) is 18.7 Å². The van der Waals surface area contributed by atoms with Gasteiger partial charge in [0.1, 0.15) is 17.7 Å². The molecule has 284 valence electrons. The molecule has 0 unspecified atom stereocenters. The molecule has 0 aliphatic heterocycles. The van der Waals surface area contributed by atoms with Gasteiger partial charge in [-0.1, -0.05) is 76.3 Å². The molecule has 0 spiro atoms. The van der Waals surface area contributed by atoms with Gasteiger partial charge in [-0.2, -0.15) is 0 Å². The van der Waals surface area contributed by atoms with Gasteiger partial charge in [-0.3, -0.25) is 14.4 Å². The summed E-state index contributed by atoms with van der Waals surface area (Å²) in [6.07, 6.45) is 6.04. The lowest BCUT2D eigenvalue weighted by atomic mass is 9.81. The first-order chi connectivity index (χ1) is 24.1. The molecule has 14 nitrogen and oxygen atoms in total. The molecule has 0 saturated heterocycles. The monoisotopic (exact) mass is 713 g/mol. The van der Waals surface area contributed by atoms with E-state index < -0.39 is 72.2 Å². The fraction of sp³-hybridized carbons (Fsp3) is 0.649. The lowest BCUT2D eigenvalue weighted by Gasteiger charge is -2.35. The molecule has 9 N–H and O–H groups in total. The van der Waals surface area contributed by atoms with Crippen molar-refractivity contribution in [1.82, 2.24) is 31.2 Å². The van der Waals surface area contributed by atoms with Crippen molar-refractivity contribution in [1.29, 1.82) is 0 Å². The SMILES string of the molecule is CC(C)CNC(=O)[C@](O)(CN)C[C@H](O)[C@H](CC1CCCCC1)NC(=O)[C@H](Cc1cnc[nH]1)NC(=O)[C@H](Cc1ccccc1)NC(=O)OC(C)(C)C. The van der Waals surface area contributed by atoms with E-state index in [-0.39, 0.29) is 24.7 Å². The number of nitrogens with zero attached hydrogens (tertiary/aromatic N) is 1. The Kier molecular flexibility index (Phi) is 15.9. The molecule has 1 fully saturated rings. The molecule has 5 atom stereocenters. The summed E-state index contributed by atoms with van der Waals surface area (Å²) in [5.74, 6) is -1.56. The Morgan fingerprint density at radius 3 is 2.22 bits per heavy atom. The Bertz CT molecular complexity index is 1380. The molecule has 3 rings (SSSR count). The molecular weight excluding hydrogens is 654 g/mol. The van der Waals surface area contributed by atoms with Crippen LogP contribution in [0, 0.1) is 11.8 Å². The van der Waals surface area contributed by atoms with Crippen LogP contribution >= 0.6 is 0 Å². The summed E-state index contributed by atoms with van der Waals surface area (Å²) in [7, 11) is 0. The number of amides is 4. The van der Waals surface area contributed by atoms with E-state index in [9.17, 15) is 29.4 Å². The van der Waals surface area contributed by atoms with Crippen molar-refractivity contribution in [3.63, 3.8) is 0 Å². The molecule has 1 aromatic heterocycles. The highest BCUT2D eigenvalue weighted by Gasteiger charge is 2.40. The predicted octanol–water partition coefficient (Wildman–Crippen LogP) is 2.24. The van der Waals surface area contributed by atoms with Gasteiger partial charge in [-0.05, 0) is 44.6 Å². The van der Waals surface area contributed by atoms with E-state index in [2.05, 4.69) is 31.2 Å². The molecule has 0 bridgehead atoms. The highest BCUT2D eigenvalue weighted by molar-refractivity contribution is 5.92. The number of aromatic nitrogens is 2. The number of ether oxygens (including phenoxy) is 1. The standard InChI is InChI=1S/C37H59N7O7/c1-24(2)20-40-34(48)37(50,22-38)19-31(45)28(16-25-12-8-6-9-13-25)42-33(47)30(18-27-21-39-23-41-27)43-32(46)29(17-26-14-10-7-11-15-26)44-35(49)51-36(3,4)5/h7,10-11,14-15,21,23-25,28-31,45,50H,6,8-9,12-13,16-20,22,38H2,1-5H3,(H,39,41)(H,40,48)(H,42,47)(H,43,46)(H,44,49)/t28-,29-,30-,31-,37+/m0/s1. The van der Waals surface area contributed by atoms with Crippen molar-refractivity contribution in [2.24, 2.45) is 17.6 Å². The second-order valence-corrected chi connectivity index (χ2v) is 15.2. The maximum atomic E-state index is 14.1. The number of carbonyl (C=O) groups excluding carboxylic acids is 4. The Hall–Kier alpha value is -4.01. The molecule has 0 radical (unpaired) electrons. The van der Waals surface area contributed by atoms with Crippen LogP contribution in [0.2, 0.25) is 0 Å². The van der Waals surface area contributed by atoms with Crippen molar-refractivity contribution >= 4 is 23.8 Å². The normalized spacial score (nSPS) is 17.4. The maximum Gasteiger partial charge on any atom is 0.408 e. The number of hydrogen-bond acceptors (Lipinski definition) is 9. The number of carbonyl (C=O) groups is 4. The zero-order valence-electron chi connectivity index (χ0n) is 30.7. The molecular formula is C37H59N7O7. The topological polar surface area (TPSA) is 221 Å². The van der Waals surface area contributed by atoms with Crippen LogP contribution in [0.4, 0.5) is 4.79 Å². The minimum absolute atomic E-state index is 0.0264. The average molecular weight is 714 g/mol. The minimum Gasteiger partial charge on any atom is -0.444 e. The van der Waals surface area contributed by atoms with Crippen LogP contribution in [0.1, 0.15) is 90.8 Å². The van der Waals surface area contributed by atoms with E-state index in [0.717, 1.165) is 37.7 Å². The largest absolute Gasteiger partial charge is 0.444 e. The van der Waals surface area contributed by atoms with Crippen molar-refractivity contribution in [2.45, 2.75) is 128 Å². The van der Waals surface area contributed by atoms with Gasteiger partial charge in [0.15, 0.2) is 5.60 Å². The number of aromatic amines is 1. The average Bonchev–Trinajstić information content (AvgIpc) is 3.59. The van der Waals surface area contributed by atoms with Gasteiger partial charge >= 0.3 is 6.09 Å². The maximum absolute atomic E-state index is 14.1. The van der Waals surface area contributed by atoms with Gasteiger partial charge in [-0.15, -0.1) is 0 Å². The number of alkyl carbamates (subject to hydrolysis) is 1. The lowest BCUT2D eigenvalue weighted by Crippen LogP contribution is -2.59. The summed E-state index contributed by atoms with van der Waals surface area (Å²) in [5, 5.41) is 33.9. The Balaban J connectivity index is 1.87. The Morgan fingerprint density at radius 1 is 0.980 bits per heavy atom. The molecule has 14 heteroatoms. The third kappa shape index (κ3) is 14.3. The number of benzene rings is 1. The van der Waals surface area contributed by atoms with Gasteiger partial charge in [0.25, 0.3) is 5.91 Å². The molecule has 2 aromatic rings. The number of hydrogen-bond donors (Lipinski definition) is 8. The zero-order valence-corrected chi connectivity index (χ0v) is 30.7. The van der Waals surface area contributed by atoms with E-state index in [1.165, 1.54) is 6.33 Å². The fourth-order valence-corrected chi connectivity index (χ4v) is 6.20. The number of aliphatic hydroxyl groups excluding tert-OH is 1. The van der Waals surface area contributed by atoms with Gasteiger partial charge in [0, 0.05) is 44.2 Å². The second kappa shape index (κ2) is 19.6. The molecule has 1 aliphatic carbocycles. The van der Waals surface area contributed by atoms with Crippen molar-refractivity contribution in [3.05, 3.63) is 54.1 Å². The van der Waals surface area contributed by atoms with Crippen LogP contribution in [0.25, 0.3) is 0 Å². The predicted molar refractivity (Wildman–Crippen MR) is 193 cm³/mol. The summed E-state index contributed by atoms with van der Waals surface area (Å²) in [6, 6.07) is 6.04. The van der Waals surface area contributed by atoms with E-state index >= 15 is 0 Å². The van der Waals surface area contributed by atoms with E-state index in [1.54, 1.807) is 27.0 Å². The van der Waals surface area contributed by atoms with Gasteiger partial charge < -0.3 is 46.9 Å². The number of imidazole rings is 1. The molecule has 51 heavy (non-hydrogen) atoms. The fourth-order valence-electron chi connectivity index (χ4n) is 6.20. The summed E-state index contributed by atoms with van der Waals surface area (Å²) >= 11 is 0. The van der Waals surface area contributed by atoms with Crippen molar-refractivity contribution in [2.75, 3.05) is 13.1 Å². The second-order valence-electron chi connectivity index (χ2n) is 15.2. The third-order valence-corrected chi connectivity index (χ3v) is 8.98. The van der Waals surface area contributed by atoms with E-state index in [1.807, 2.05) is 44.2 Å². The first-order valence-electron chi connectivity index (χ1n) is 18.1. The Morgan fingerprint density at radius 2 is 1.63 bits per heavy atom. The highest BCUT2D eigenvalue weighted by atomic mass is 16.6. The van der Waals surface area contributed by atoms with Gasteiger partial charge in [0.2, 0.25) is 11.8 Å². The Labute approximate surface area is 301 Å². The molecule has 1 aromatic carbocycles. The van der Waals surface area contributed by atoms with Crippen LogP contribution < -0.4 is 27.0 Å². The van der Waals surface area contributed by atoms with Crippen molar-refractivity contribution < 1.29 is 34.1 Å². The number of nitrogens with one attached hydrogen (secondary N) is 5. The molecule has 1 heterocycles. The van der Waals surface area contributed by atoms with E-state index in [4.69, 9.17) is 10.5 Å². The third-order valence-electron chi connectivity index (χ3n) is 8.98. The molecule has 1 aliphatic rings. The lowest BCUT2D eigenvalue weighted by molar-refractivity contribution is -0.143. The summed E-state index contributed by atoms with van der Waals surface area (Å²) in [5.41, 5.74) is 4.35. The number of aliphatic hydroxyl groups is 2. The van der Waals surface area contributed by atoms with Crippen molar-refractivity contribution in [3.8, 4) is 0 Å². The smallest absolute Gasteiger partial charge is 0.408 e. The van der Waals surface area contributed by atoms with Crippen LogP contribution in [0.5, 0.6) is 0 Å². The zero-order chi connectivity index (χ0) is 37.6. The minimum atomic E-state index is -2.06. The summed E-state index contributed by atoms with van der Waals surface area (Å²) < 4.78 is 5.43. The highest BCUT2D eigenvalue weighted by Crippen LogP contribution is 2.29. The number of nitrogens with two attached hydrogens (primary N) is 1. The summed E-state index contributed by atoms with van der Waals surface area (Å²) in [6.45, 7) is 8.88. The summed E-state index contributed by atoms with van der Waals surface area (Å²) in [4.78, 5) is 60.9. The quantitative estimate of drug-likeness (QED) is 0.113.